The number of ether oxygens (including phenoxy) is 1. The largest absolute Gasteiger partial charge is 0.371 e. The van der Waals surface area contributed by atoms with Gasteiger partial charge in [0.1, 0.15) is 0 Å². The van der Waals surface area contributed by atoms with Crippen LogP contribution in [0.3, 0.4) is 0 Å². The number of hydrogen-bond acceptors (Lipinski definition) is 3. The van der Waals surface area contributed by atoms with Gasteiger partial charge >= 0.3 is 0 Å². The van der Waals surface area contributed by atoms with Crippen LogP contribution in [-0.2, 0) is 11.3 Å². The normalized spacial score (nSPS) is 20.3. The van der Waals surface area contributed by atoms with Crippen molar-refractivity contribution in [3.63, 3.8) is 0 Å². The molecule has 1 atom stereocenters. The first-order valence-corrected chi connectivity index (χ1v) is 6.69. The average molecular weight is 254 g/mol. The number of rotatable bonds is 3. The summed E-state index contributed by atoms with van der Waals surface area (Å²) in [6.07, 6.45) is 3.84. The second-order valence-corrected chi connectivity index (χ2v) is 4.87. The molecule has 1 aliphatic heterocycles. The van der Waals surface area contributed by atoms with E-state index in [9.17, 15) is 0 Å². The molecule has 1 aliphatic rings. The van der Waals surface area contributed by atoms with Gasteiger partial charge in [0.25, 0.3) is 0 Å². The maximum atomic E-state index is 5.85. The van der Waals surface area contributed by atoms with Gasteiger partial charge in [-0.1, -0.05) is 36.4 Å². The summed E-state index contributed by atoms with van der Waals surface area (Å²) in [4.78, 5) is 6.61. The summed E-state index contributed by atoms with van der Waals surface area (Å²) >= 11 is 0. The fourth-order valence-electron chi connectivity index (χ4n) is 2.46. The van der Waals surface area contributed by atoms with E-state index in [0.717, 1.165) is 26.2 Å². The van der Waals surface area contributed by atoms with E-state index in [1.165, 1.54) is 11.1 Å². The molecule has 0 saturated carbocycles. The Hall–Kier alpha value is -1.71. The first kappa shape index (κ1) is 12.3. The van der Waals surface area contributed by atoms with Crippen LogP contribution in [0.1, 0.15) is 17.2 Å². The third kappa shape index (κ3) is 3.19. The van der Waals surface area contributed by atoms with E-state index in [-0.39, 0.29) is 6.10 Å². The van der Waals surface area contributed by atoms with Crippen molar-refractivity contribution in [2.75, 3.05) is 19.7 Å². The maximum Gasteiger partial charge on any atom is 0.0967 e. The summed E-state index contributed by atoms with van der Waals surface area (Å²) in [5.41, 5.74) is 2.52. The van der Waals surface area contributed by atoms with Gasteiger partial charge in [-0.3, -0.25) is 9.88 Å². The Bertz CT molecular complexity index is 501. The Morgan fingerprint density at radius 2 is 2.05 bits per heavy atom. The minimum atomic E-state index is 0.145. The van der Waals surface area contributed by atoms with Crippen molar-refractivity contribution in [2.45, 2.75) is 12.6 Å². The third-order valence-electron chi connectivity index (χ3n) is 3.46. The molecule has 19 heavy (non-hydrogen) atoms. The lowest BCUT2D eigenvalue weighted by Crippen LogP contribution is -2.37. The predicted molar refractivity (Wildman–Crippen MR) is 74.6 cm³/mol. The number of pyridine rings is 1. The Morgan fingerprint density at radius 1 is 1.16 bits per heavy atom. The number of hydrogen-bond donors (Lipinski definition) is 0. The molecule has 1 unspecified atom stereocenters. The highest BCUT2D eigenvalue weighted by Gasteiger charge is 2.21. The highest BCUT2D eigenvalue weighted by Crippen LogP contribution is 2.22. The standard InChI is InChI=1S/C16H18N2O/c1-2-5-14(6-3-1)12-18-9-10-19-16(13-18)15-7-4-8-17-11-15/h1-8,11,16H,9-10,12-13H2. The van der Waals surface area contributed by atoms with E-state index >= 15 is 0 Å². The number of morpholine rings is 1. The molecule has 2 aromatic rings. The Labute approximate surface area is 113 Å². The molecule has 2 heterocycles. The molecule has 0 amide bonds. The van der Waals surface area contributed by atoms with Crippen LogP contribution in [0.15, 0.2) is 54.9 Å². The zero-order valence-corrected chi connectivity index (χ0v) is 10.9. The lowest BCUT2D eigenvalue weighted by Gasteiger charge is -2.33. The molecule has 0 bridgehead atoms. The molecule has 3 heteroatoms. The molecular formula is C16H18N2O. The van der Waals surface area contributed by atoms with Crippen LogP contribution in [0.2, 0.25) is 0 Å². The molecule has 0 aliphatic carbocycles. The molecular weight excluding hydrogens is 236 g/mol. The summed E-state index contributed by atoms with van der Waals surface area (Å²) in [7, 11) is 0. The van der Waals surface area contributed by atoms with E-state index in [4.69, 9.17) is 4.74 Å². The van der Waals surface area contributed by atoms with Crippen molar-refractivity contribution in [3.8, 4) is 0 Å². The number of benzene rings is 1. The van der Waals surface area contributed by atoms with Gasteiger partial charge in [-0.15, -0.1) is 0 Å². The maximum absolute atomic E-state index is 5.85. The second-order valence-electron chi connectivity index (χ2n) is 4.87. The summed E-state index contributed by atoms with van der Waals surface area (Å²) in [5, 5.41) is 0. The topological polar surface area (TPSA) is 25.4 Å². The highest BCUT2D eigenvalue weighted by molar-refractivity contribution is 5.16. The zero-order valence-electron chi connectivity index (χ0n) is 10.9. The van der Waals surface area contributed by atoms with Gasteiger partial charge in [0.05, 0.1) is 12.7 Å². The van der Waals surface area contributed by atoms with Crippen molar-refractivity contribution in [1.29, 1.82) is 0 Å². The van der Waals surface area contributed by atoms with Crippen LogP contribution in [-0.4, -0.2) is 29.6 Å². The van der Waals surface area contributed by atoms with Gasteiger partial charge in [0.2, 0.25) is 0 Å². The summed E-state index contributed by atoms with van der Waals surface area (Å²) in [5.74, 6) is 0. The minimum absolute atomic E-state index is 0.145. The molecule has 3 nitrogen and oxygen atoms in total. The number of nitrogens with zero attached hydrogens (tertiary/aromatic N) is 2. The zero-order chi connectivity index (χ0) is 12.9. The molecule has 0 radical (unpaired) electrons. The fraction of sp³-hybridized carbons (Fsp3) is 0.312. The first-order valence-electron chi connectivity index (χ1n) is 6.69. The van der Waals surface area contributed by atoms with Crippen LogP contribution in [0.25, 0.3) is 0 Å². The third-order valence-corrected chi connectivity index (χ3v) is 3.46. The van der Waals surface area contributed by atoms with Crippen LogP contribution in [0.5, 0.6) is 0 Å². The number of aromatic nitrogens is 1. The first-order chi connectivity index (χ1) is 9.42. The molecule has 1 saturated heterocycles. The Morgan fingerprint density at radius 3 is 2.84 bits per heavy atom. The molecule has 0 N–H and O–H groups in total. The van der Waals surface area contributed by atoms with Gasteiger partial charge in [-0.2, -0.15) is 0 Å². The highest BCUT2D eigenvalue weighted by atomic mass is 16.5. The van der Waals surface area contributed by atoms with E-state index < -0.39 is 0 Å². The minimum Gasteiger partial charge on any atom is -0.371 e. The van der Waals surface area contributed by atoms with Crippen LogP contribution in [0.4, 0.5) is 0 Å². The summed E-state index contributed by atoms with van der Waals surface area (Å²) < 4.78 is 5.85. The van der Waals surface area contributed by atoms with Crippen molar-refractivity contribution in [1.82, 2.24) is 9.88 Å². The van der Waals surface area contributed by atoms with Crippen LogP contribution < -0.4 is 0 Å². The van der Waals surface area contributed by atoms with Gasteiger partial charge in [0, 0.05) is 37.6 Å². The van der Waals surface area contributed by atoms with Gasteiger partial charge in [0.15, 0.2) is 0 Å². The van der Waals surface area contributed by atoms with E-state index in [2.05, 4.69) is 46.3 Å². The van der Waals surface area contributed by atoms with Crippen molar-refractivity contribution in [3.05, 3.63) is 66.0 Å². The molecule has 0 spiro atoms. The average Bonchev–Trinajstić information content (AvgIpc) is 2.49. The summed E-state index contributed by atoms with van der Waals surface area (Å²) in [6.45, 7) is 3.69. The van der Waals surface area contributed by atoms with Crippen molar-refractivity contribution < 1.29 is 4.74 Å². The van der Waals surface area contributed by atoms with Crippen LogP contribution >= 0.6 is 0 Å². The van der Waals surface area contributed by atoms with Gasteiger partial charge < -0.3 is 4.74 Å². The SMILES string of the molecule is c1ccc(CN2CCOC(c3cccnc3)C2)cc1. The smallest absolute Gasteiger partial charge is 0.0967 e. The van der Waals surface area contributed by atoms with E-state index in [1.54, 1.807) is 6.20 Å². The molecule has 1 aromatic carbocycles. The van der Waals surface area contributed by atoms with Crippen LogP contribution in [0, 0.1) is 0 Å². The van der Waals surface area contributed by atoms with Gasteiger partial charge in [-0.25, -0.2) is 0 Å². The Balaban J connectivity index is 1.65. The molecule has 1 fully saturated rings. The Kier molecular flexibility index (Phi) is 3.86. The lowest BCUT2D eigenvalue weighted by molar-refractivity contribution is -0.0330. The second kappa shape index (κ2) is 5.95. The monoisotopic (exact) mass is 254 g/mol. The van der Waals surface area contributed by atoms with Gasteiger partial charge in [-0.05, 0) is 11.6 Å². The molecule has 1 aromatic heterocycles. The predicted octanol–water partition coefficient (Wildman–Crippen LogP) is 2.66. The molecule has 3 rings (SSSR count). The fourth-order valence-corrected chi connectivity index (χ4v) is 2.46. The van der Waals surface area contributed by atoms with Crippen molar-refractivity contribution >= 4 is 0 Å². The van der Waals surface area contributed by atoms with E-state index in [0.29, 0.717) is 0 Å². The summed E-state index contributed by atoms with van der Waals surface area (Å²) in [6, 6.07) is 14.6. The van der Waals surface area contributed by atoms with E-state index in [1.807, 2.05) is 12.3 Å². The molecule has 98 valence electrons. The van der Waals surface area contributed by atoms with Crippen molar-refractivity contribution in [2.24, 2.45) is 0 Å². The quantitative estimate of drug-likeness (QED) is 0.842. The lowest BCUT2D eigenvalue weighted by atomic mass is 10.1.